The van der Waals surface area contributed by atoms with E-state index in [4.69, 9.17) is 4.74 Å². The zero-order chi connectivity index (χ0) is 20.5. The molecule has 0 radical (unpaired) electrons. The highest BCUT2D eigenvalue weighted by atomic mass is 19.1. The van der Waals surface area contributed by atoms with E-state index in [1.54, 1.807) is 12.1 Å². The number of nitrogens with one attached hydrogen (secondary N) is 3. The minimum absolute atomic E-state index is 0.0883. The van der Waals surface area contributed by atoms with Crippen LogP contribution >= 0.6 is 0 Å². The van der Waals surface area contributed by atoms with E-state index in [1.165, 1.54) is 25.0 Å². The topological polar surface area (TPSA) is 101 Å². The highest BCUT2D eigenvalue weighted by molar-refractivity contribution is 5.50. The van der Waals surface area contributed by atoms with Crippen LogP contribution in [0.15, 0.2) is 30.3 Å². The third-order valence-corrected chi connectivity index (χ3v) is 5.55. The van der Waals surface area contributed by atoms with Crippen molar-refractivity contribution >= 4 is 17.7 Å². The second-order valence-electron chi connectivity index (χ2n) is 7.93. The smallest absolute Gasteiger partial charge is 0.233 e. The first kappa shape index (κ1) is 18.9. The molecule has 0 amide bonds. The predicted molar refractivity (Wildman–Crippen MR) is 110 cm³/mol. The number of anilines is 3. The Morgan fingerprint density at radius 3 is 2.63 bits per heavy atom. The second kappa shape index (κ2) is 7.98. The van der Waals surface area contributed by atoms with E-state index in [0.29, 0.717) is 36.1 Å². The van der Waals surface area contributed by atoms with E-state index in [2.05, 4.69) is 35.8 Å². The van der Waals surface area contributed by atoms with Crippen LogP contribution in [0.3, 0.4) is 0 Å². The van der Waals surface area contributed by atoms with Crippen molar-refractivity contribution in [2.75, 3.05) is 23.8 Å². The molecular weight excluding hydrogens is 385 g/mol. The van der Waals surface area contributed by atoms with Crippen LogP contribution in [-0.4, -0.2) is 38.4 Å². The van der Waals surface area contributed by atoms with E-state index in [9.17, 15) is 4.39 Å². The number of nitrogens with zero attached hydrogens (tertiary/aromatic N) is 4. The molecule has 3 N–H and O–H groups in total. The summed E-state index contributed by atoms with van der Waals surface area (Å²) in [5, 5.41) is 14.0. The molecule has 2 atom stereocenters. The van der Waals surface area contributed by atoms with Gasteiger partial charge in [-0.25, -0.2) is 4.39 Å². The summed E-state index contributed by atoms with van der Waals surface area (Å²) in [5.74, 6) is 2.75. The molecule has 3 heterocycles. The summed E-state index contributed by atoms with van der Waals surface area (Å²) in [6, 6.07) is 8.44. The molecule has 9 heteroatoms. The minimum atomic E-state index is -0.257. The number of ether oxygens (including phenoxy) is 1. The molecular formula is C21H24FN7O. The Hall–Kier alpha value is -3.07. The average molecular weight is 409 g/mol. The van der Waals surface area contributed by atoms with E-state index in [0.717, 1.165) is 24.3 Å². The maximum Gasteiger partial charge on any atom is 0.233 e. The lowest BCUT2D eigenvalue weighted by atomic mass is 9.92. The summed E-state index contributed by atoms with van der Waals surface area (Å²) >= 11 is 0. The lowest BCUT2D eigenvalue weighted by Crippen LogP contribution is -2.23. The van der Waals surface area contributed by atoms with Gasteiger partial charge in [0.25, 0.3) is 0 Å². The minimum Gasteiger partial charge on any atom is -0.381 e. The number of halogens is 1. The SMILES string of the molecule is Cc1nc(Nc2cc(C3CC3)[nH]n2)nc(NC(c2ccc(F)cc2)C2CCOC2)n1. The zero-order valence-corrected chi connectivity index (χ0v) is 16.7. The highest BCUT2D eigenvalue weighted by Gasteiger charge is 2.28. The number of rotatable bonds is 7. The van der Waals surface area contributed by atoms with Crippen LogP contribution in [0.25, 0.3) is 0 Å². The van der Waals surface area contributed by atoms with Crippen molar-refractivity contribution < 1.29 is 9.13 Å². The maximum atomic E-state index is 13.4. The van der Waals surface area contributed by atoms with Crippen LogP contribution in [0.1, 0.15) is 48.3 Å². The van der Waals surface area contributed by atoms with Crippen molar-refractivity contribution in [2.24, 2.45) is 5.92 Å². The van der Waals surface area contributed by atoms with Gasteiger partial charge in [0, 0.05) is 30.2 Å². The third kappa shape index (κ3) is 4.25. The van der Waals surface area contributed by atoms with Gasteiger partial charge in [-0.2, -0.15) is 20.1 Å². The highest BCUT2D eigenvalue weighted by Crippen LogP contribution is 2.39. The van der Waals surface area contributed by atoms with Crippen molar-refractivity contribution in [3.63, 3.8) is 0 Å². The molecule has 2 aliphatic rings. The first-order valence-electron chi connectivity index (χ1n) is 10.3. The van der Waals surface area contributed by atoms with Gasteiger partial charge in [0.1, 0.15) is 11.6 Å². The van der Waals surface area contributed by atoms with Crippen molar-refractivity contribution in [2.45, 2.75) is 38.1 Å². The zero-order valence-electron chi connectivity index (χ0n) is 16.7. The molecule has 2 aromatic heterocycles. The average Bonchev–Trinajstić information content (AvgIpc) is 3.23. The summed E-state index contributed by atoms with van der Waals surface area (Å²) in [4.78, 5) is 13.4. The van der Waals surface area contributed by atoms with Gasteiger partial charge in [0.15, 0.2) is 5.82 Å². The van der Waals surface area contributed by atoms with Gasteiger partial charge in [0.2, 0.25) is 11.9 Å². The fourth-order valence-corrected chi connectivity index (χ4v) is 3.82. The lowest BCUT2D eigenvalue weighted by Gasteiger charge is -2.24. The van der Waals surface area contributed by atoms with Crippen LogP contribution in [0, 0.1) is 18.7 Å². The Balaban J connectivity index is 1.37. The van der Waals surface area contributed by atoms with Gasteiger partial charge in [-0.05, 0) is 43.9 Å². The molecule has 2 unspecified atom stereocenters. The van der Waals surface area contributed by atoms with Crippen LogP contribution in [0.5, 0.6) is 0 Å². The van der Waals surface area contributed by atoms with E-state index in [-0.39, 0.29) is 17.8 Å². The Labute approximate surface area is 173 Å². The first-order chi connectivity index (χ1) is 14.6. The summed E-state index contributed by atoms with van der Waals surface area (Å²) in [5.41, 5.74) is 2.11. The van der Waals surface area contributed by atoms with Gasteiger partial charge in [-0.1, -0.05) is 12.1 Å². The third-order valence-electron chi connectivity index (χ3n) is 5.55. The molecule has 1 aromatic carbocycles. The number of hydrogen-bond donors (Lipinski definition) is 3. The molecule has 8 nitrogen and oxygen atoms in total. The maximum absolute atomic E-state index is 13.4. The molecule has 2 fully saturated rings. The normalized spacial score (nSPS) is 19.6. The van der Waals surface area contributed by atoms with E-state index < -0.39 is 0 Å². The second-order valence-corrected chi connectivity index (χ2v) is 7.93. The standard InChI is InChI=1S/C21H24FN7O/c1-12-23-20(25-18-10-17(28-29-18)13-2-3-13)27-21(24-12)26-19(15-8-9-30-11-15)14-4-6-16(22)7-5-14/h4-7,10,13,15,19H,2-3,8-9,11H2,1H3,(H3,23,24,25,26,27,28,29). The van der Waals surface area contributed by atoms with Crippen molar-refractivity contribution in [3.05, 3.63) is 53.2 Å². The molecule has 0 bridgehead atoms. The molecule has 0 spiro atoms. The molecule has 1 aliphatic heterocycles. The Kier molecular flexibility index (Phi) is 5.04. The fourth-order valence-electron chi connectivity index (χ4n) is 3.82. The number of benzene rings is 1. The first-order valence-corrected chi connectivity index (χ1v) is 10.3. The molecule has 1 aliphatic carbocycles. The summed E-state index contributed by atoms with van der Waals surface area (Å²) < 4.78 is 19.0. The fraction of sp³-hybridized carbons (Fsp3) is 0.429. The lowest BCUT2D eigenvalue weighted by molar-refractivity contribution is 0.182. The van der Waals surface area contributed by atoms with Crippen LogP contribution < -0.4 is 10.6 Å². The van der Waals surface area contributed by atoms with Crippen molar-refractivity contribution in [1.29, 1.82) is 0 Å². The van der Waals surface area contributed by atoms with Gasteiger partial charge < -0.3 is 15.4 Å². The summed E-state index contributed by atoms with van der Waals surface area (Å²) in [7, 11) is 0. The molecule has 30 heavy (non-hydrogen) atoms. The van der Waals surface area contributed by atoms with Crippen LogP contribution in [-0.2, 0) is 4.74 Å². The number of aromatic nitrogens is 5. The Morgan fingerprint density at radius 2 is 1.90 bits per heavy atom. The van der Waals surface area contributed by atoms with Gasteiger partial charge in [-0.15, -0.1) is 0 Å². The molecule has 5 rings (SSSR count). The number of aromatic amines is 1. The largest absolute Gasteiger partial charge is 0.381 e. The molecule has 3 aromatic rings. The number of aryl methyl sites for hydroxylation is 1. The quantitative estimate of drug-likeness (QED) is 0.545. The van der Waals surface area contributed by atoms with Gasteiger partial charge in [0.05, 0.1) is 12.6 Å². The molecule has 156 valence electrons. The Bertz CT molecular complexity index is 1010. The van der Waals surface area contributed by atoms with Crippen molar-refractivity contribution in [3.8, 4) is 0 Å². The number of hydrogen-bond acceptors (Lipinski definition) is 7. The van der Waals surface area contributed by atoms with E-state index in [1.807, 2.05) is 13.0 Å². The number of H-pyrrole nitrogens is 1. The van der Waals surface area contributed by atoms with Crippen LogP contribution in [0.2, 0.25) is 0 Å². The van der Waals surface area contributed by atoms with Gasteiger partial charge >= 0.3 is 0 Å². The summed E-state index contributed by atoms with van der Waals surface area (Å²) in [6.07, 6.45) is 3.33. The van der Waals surface area contributed by atoms with Crippen molar-refractivity contribution in [1.82, 2.24) is 25.1 Å². The monoisotopic (exact) mass is 409 g/mol. The molecule has 1 saturated carbocycles. The van der Waals surface area contributed by atoms with Crippen LogP contribution in [0.4, 0.5) is 22.1 Å². The van der Waals surface area contributed by atoms with Gasteiger partial charge in [-0.3, -0.25) is 5.10 Å². The van der Waals surface area contributed by atoms with E-state index >= 15 is 0 Å². The summed E-state index contributed by atoms with van der Waals surface area (Å²) in [6.45, 7) is 3.18. The molecule has 1 saturated heterocycles. The Morgan fingerprint density at radius 1 is 1.10 bits per heavy atom. The predicted octanol–water partition coefficient (Wildman–Crippen LogP) is 3.85.